The second kappa shape index (κ2) is 6.14. The number of rotatable bonds is 3. The monoisotopic (exact) mass is 323 g/mol. The zero-order valence-electron chi connectivity index (χ0n) is 11.5. The molecule has 1 aliphatic rings. The fraction of sp³-hybridized carbons (Fsp3) is 0.250. The molecule has 1 heterocycles. The number of benzene rings is 2. The van der Waals surface area contributed by atoms with Gasteiger partial charge in [0, 0.05) is 16.1 Å². The number of hydrogen-bond acceptors (Lipinski definition) is 3. The Labute approximate surface area is 133 Å². The summed E-state index contributed by atoms with van der Waals surface area (Å²) < 4.78 is 11.2. The molecule has 1 unspecified atom stereocenters. The van der Waals surface area contributed by atoms with E-state index in [9.17, 15) is 0 Å². The molecule has 2 aromatic rings. The minimum Gasteiger partial charge on any atom is -0.486 e. The van der Waals surface area contributed by atoms with Gasteiger partial charge in [-0.3, -0.25) is 0 Å². The summed E-state index contributed by atoms with van der Waals surface area (Å²) in [6, 6.07) is 11.4. The average Bonchev–Trinajstić information content (AvgIpc) is 2.50. The number of hydrogen-bond donors (Lipinski definition) is 1. The van der Waals surface area contributed by atoms with Crippen molar-refractivity contribution in [1.82, 2.24) is 5.32 Å². The Hall–Kier alpha value is -1.42. The van der Waals surface area contributed by atoms with Crippen LogP contribution in [0.3, 0.4) is 0 Å². The van der Waals surface area contributed by atoms with Crippen molar-refractivity contribution < 1.29 is 9.47 Å². The maximum atomic E-state index is 6.41. The summed E-state index contributed by atoms with van der Waals surface area (Å²) >= 11 is 12.4. The Morgan fingerprint density at radius 1 is 1.00 bits per heavy atom. The molecule has 0 aromatic heterocycles. The molecule has 1 atom stereocenters. The number of nitrogens with one attached hydrogen (secondary N) is 1. The van der Waals surface area contributed by atoms with Gasteiger partial charge in [-0.15, -0.1) is 0 Å². The molecular weight excluding hydrogens is 309 g/mol. The second-order valence-electron chi connectivity index (χ2n) is 4.79. The first-order valence-corrected chi connectivity index (χ1v) is 7.46. The molecular formula is C16H15Cl2NO2. The SMILES string of the molecule is CNC(c1ccc(Cl)cc1)c1cc2c(cc1Cl)OCCO2. The third-order valence-corrected chi connectivity index (χ3v) is 4.04. The molecule has 3 nitrogen and oxygen atoms in total. The van der Waals surface area contributed by atoms with Crippen LogP contribution in [0.15, 0.2) is 36.4 Å². The van der Waals surface area contributed by atoms with Crippen molar-refractivity contribution in [2.45, 2.75) is 6.04 Å². The van der Waals surface area contributed by atoms with Gasteiger partial charge in [0.2, 0.25) is 0 Å². The number of halogens is 2. The Kier molecular flexibility index (Phi) is 4.24. The molecule has 0 saturated heterocycles. The van der Waals surface area contributed by atoms with Crippen molar-refractivity contribution in [3.05, 3.63) is 57.6 Å². The van der Waals surface area contributed by atoms with Crippen molar-refractivity contribution in [3.8, 4) is 11.5 Å². The van der Waals surface area contributed by atoms with Gasteiger partial charge in [-0.1, -0.05) is 35.3 Å². The molecule has 1 N–H and O–H groups in total. The Balaban J connectivity index is 2.02. The summed E-state index contributed by atoms with van der Waals surface area (Å²) in [5.41, 5.74) is 2.03. The number of fused-ring (bicyclic) bond motifs is 1. The molecule has 110 valence electrons. The highest BCUT2D eigenvalue weighted by atomic mass is 35.5. The molecule has 21 heavy (non-hydrogen) atoms. The standard InChI is InChI=1S/C16H15Cl2NO2/c1-19-16(10-2-4-11(17)5-3-10)12-8-14-15(9-13(12)18)21-7-6-20-14/h2-5,8-9,16,19H,6-7H2,1H3. The van der Waals surface area contributed by atoms with Gasteiger partial charge in [-0.25, -0.2) is 0 Å². The summed E-state index contributed by atoms with van der Waals surface area (Å²) in [5.74, 6) is 1.43. The zero-order chi connectivity index (χ0) is 14.8. The van der Waals surface area contributed by atoms with Crippen molar-refractivity contribution in [2.24, 2.45) is 0 Å². The van der Waals surface area contributed by atoms with Crippen molar-refractivity contribution >= 4 is 23.2 Å². The summed E-state index contributed by atoms with van der Waals surface area (Å²) in [6.45, 7) is 1.11. The predicted octanol–water partition coefficient (Wildman–Crippen LogP) is 4.07. The average molecular weight is 324 g/mol. The maximum Gasteiger partial charge on any atom is 0.162 e. The van der Waals surface area contributed by atoms with Gasteiger partial charge < -0.3 is 14.8 Å². The van der Waals surface area contributed by atoms with E-state index in [0.29, 0.717) is 29.0 Å². The van der Waals surface area contributed by atoms with E-state index in [1.807, 2.05) is 43.4 Å². The van der Waals surface area contributed by atoms with Crippen LogP contribution in [-0.4, -0.2) is 20.3 Å². The Morgan fingerprint density at radius 2 is 1.62 bits per heavy atom. The van der Waals surface area contributed by atoms with E-state index in [4.69, 9.17) is 32.7 Å². The summed E-state index contributed by atoms with van der Waals surface area (Å²) in [6.07, 6.45) is 0. The summed E-state index contributed by atoms with van der Waals surface area (Å²) in [4.78, 5) is 0. The van der Waals surface area contributed by atoms with Gasteiger partial charge in [0.25, 0.3) is 0 Å². The first kappa shape index (κ1) is 14.5. The normalized spacial score (nSPS) is 14.8. The van der Waals surface area contributed by atoms with Crippen LogP contribution in [0.1, 0.15) is 17.2 Å². The van der Waals surface area contributed by atoms with E-state index in [1.165, 1.54) is 0 Å². The Morgan fingerprint density at radius 3 is 2.24 bits per heavy atom. The van der Waals surface area contributed by atoms with Gasteiger partial charge >= 0.3 is 0 Å². The highest BCUT2D eigenvalue weighted by Crippen LogP contribution is 2.39. The zero-order valence-corrected chi connectivity index (χ0v) is 13.0. The summed E-state index contributed by atoms with van der Waals surface area (Å²) in [5, 5.41) is 4.63. The van der Waals surface area contributed by atoms with Crippen LogP contribution in [0.4, 0.5) is 0 Å². The van der Waals surface area contributed by atoms with Crippen LogP contribution < -0.4 is 14.8 Å². The van der Waals surface area contributed by atoms with E-state index in [0.717, 1.165) is 16.9 Å². The van der Waals surface area contributed by atoms with E-state index >= 15 is 0 Å². The quantitative estimate of drug-likeness (QED) is 0.923. The largest absolute Gasteiger partial charge is 0.486 e. The second-order valence-corrected chi connectivity index (χ2v) is 5.63. The van der Waals surface area contributed by atoms with Crippen molar-refractivity contribution in [3.63, 3.8) is 0 Å². The van der Waals surface area contributed by atoms with Gasteiger partial charge in [0.05, 0.1) is 6.04 Å². The maximum absolute atomic E-state index is 6.41. The van der Waals surface area contributed by atoms with Crippen LogP contribution in [0.2, 0.25) is 10.0 Å². The smallest absolute Gasteiger partial charge is 0.162 e. The molecule has 5 heteroatoms. The van der Waals surface area contributed by atoms with Crippen LogP contribution in [0.5, 0.6) is 11.5 Å². The van der Waals surface area contributed by atoms with E-state index in [-0.39, 0.29) is 6.04 Å². The third-order valence-electron chi connectivity index (χ3n) is 3.46. The minimum absolute atomic E-state index is 0.0365. The van der Waals surface area contributed by atoms with Crippen molar-refractivity contribution in [2.75, 3.05) is 20.3 Å². The fourth-order valence-electron chi connectivity index (χ4n) is 2.46. The minimum atomic E-state index is -0.0365. The molecule has 0 amide bonds. The van der Waals surface area contributed by atoms with Crippen LogP contribution in [0, 0.1) is 0 Å². The van der Waals surface area contributed by atoms with Gasteiger partial charge in [-0.2, -0.15) is 0 Å². The lowest BCUT2D eigenvalue weighted by Crippen LogP contribution is -2.20. The first-order chi connectivity index (χ1) is 10.2. The molecule has 0 bridgehead atoms. The summed E-state index contributed by atoms with van der Waals surface area (Å²) in [7, 11) is 1.90. The van der Waals surface area contributed by atoms with Crippen molar-refractivity contribution in [1.29, 1.82) is 0 Å². The molecule has 3 rings (SSSR count). The molecule has 0 saturated carbocycles. The lowest BCUT2D eigenvalue weighted by molar-refractivity contribution is 0.171. The molecule has 2 aromatic carbocycles. The van der Waals surface area contributed by atoms with E-state index in [2.05, 4.69) is 5.32 Å². The van der Waals surface area contributed by atoms with Crippen LogP contribution >= 0.6 is 23.2 Å². The lowest BCUT2D eigenvalue weighted by atomic mass is 9.98. The lowest BCUT2D eigenvalue weighted by Gasteiger charge is -2.23. The Bertz CT molecular complexity index is 643. The number of ether oxygens (including phenoxy) is 2. The first-order valence-electron chi connectivity index (χ1n) is 6.71. The van der Waals surface area contributed by atoms with Gasteiger partial charge in [-0.05, 0) is 36.4 Å². The molecule has 0 aliphatic carbocycles. The van der Waals surface area contributed by atoms with Crippen LogP contribution in [-0.2, 0) is 0 Å². The predicted molar refractivity (Wildman–Crippen MR) is 84.8 cm³/mol. The van der Waals surface area contributed by atoms with E-state index < -0.39 is 0 Å². The van der Waals surface area contributed by atoms with E-state index in [1.54, 1.807) is 0 Å². The van der Waals surface area contributed by atoms with Gasteiger partial charge in [0.1, 0.15) is 13.2 Å². The fourth-order valence-corrected chi connectivity index (χ4v) is 2.85. The highest BCUT2D eigenvalue weighted by molar-refractivity contribution is 6.31. The molecule has 1 aliphatic heterocycles. The third kappa shape index (κ3) is 2.95. The molecule has 0 spiro atoms. The molecule has 0 radical (unpaired) electrons. The van der Waals surface area contributed by atoms with Crippen LogP contribution in [0.25, 0.3) is 0 Å². The molecule has 0 fully saturated rings. The topological polar surface area (TPSA) is 30.5 Å². The highest BCUT2D eigenvalue weighted by Gasteiger charge is 2.21. The van der Waals surface area contributed by atoms with Gasteiger partial charge in [0.15, 0.2) is 11.5 Å².